The number of carboxylic acid groups (broad SMARTS) is 1. The molecule has 0 aromatic carbocycles. The highest BCUT2D eigenvalue weighted by Gasteiger charge is 2.33. The zero-order valence-electron chi connectivity index (χ0n) is 13.7. The Hall–Kier alpha value is -1.93. The number of imidazole rings is 1. The Labute approximate surface area is 140 Å². The normalized spacial score (nSPS) is 23.8. The molecule has 0 aliphatic carbocycles. The predicted octanol–water partition coefficient (Wildman–Crippen LogP) is 0.181. The van der Waals surface area contributed by atoms with E-state index in [0.717, 1.165) is 18.5 Å². The molecule has 8 nitrogen and oxygen atoms in total. The fourth-order valence-corrected chi connectivity index (χ4v) is 3.39. The van der Waals surface area contributed by atoms with Gasteiger partial charge in [0, 0.05) is 63.7 Å². The van der Waals surface area contributed by atoms with Gasteiger partial charge < -0.3 is 19.7 Å². The van der Waals surface area contributed by atoms with Crippen molar-refractivity contribution in [2.45, 2.75) is 19.4 Å². The molecule has 0 bridgehead atoms. The van der Waals surface area contributed by atoms with Gasteiger partial charge in [0.15, 0.2) is 0 Å². The molecular weight excluding hydrogens is 312 g/mol. The molecule has 132 valence electrons. The summed E-state index contributed by atoms with van der Waals surface area (Å²) in [5.74, 6) is -1.38. The number of ether oxygens (including phenoxy) is 1. The highest BCUT2D eigenvalue weighted by molar-refractivity contribution is 5.80. The number of carbonyl (C=O) groups is 2. The smallest absolute Gasteiger partial charge is 0.309 e. The van der Waals surface area contributed by atoms with Gasteiger partial charge >= 0.3 is 5.97 Å². The van der Waals surface area contributed by atoms with E-state index in [9.17, 15) is 14.7 Å². The molecule has 1 aromatic heterocycles. The average molecular weight is 336 g/mol. The maximum atomic E-state index is 12.7. The van der Waals surface area contributed by atoms with Crippen molar-refractivity contribution in [1.29, 1.82) is 0 Å². The fourth-order valence-electron chi connectivity index (χ4n) is 3.39. The highest BCUT2D eigenvalue weighted by Crippen LogP contribution is 2.20. The largest absolute Gasteiger partial charge is 0.481 e. The number of aliphatic carboxylic acids is 1. The van der Waals surface area contributed by atoms with Crippen molar-refractivity contribution >= 4 is 11.9 Å². The van der Waals surface area contributed by atoms with E-state index < -0.39 is 11.9 Å². The summed E-state index contributed by atoms with van der Waals surface area (Å²) in [6.45, 7) is 3.78. The van der Waals surface area contributed by atoms with Crippen LogP contribution in [0.2, 0.25) is 0 Å². The van der Waals surface area contributed by atoms with Crippen molar-refractivity contribution in [3.8, 4) is 0 Å². The minimum atomic E-state index is -0.851. The number of aromatic amines is 1. The average Bonchev–Trinajstić information content (AvgIpc) is 3.00. The van der Waals surface area contributed by atoms with Crippen molar-refractivity contribution in [3.63, 3.8) is 0 Å². The Bertz CT molecular complexity index is 556. The van der Waals surface area contributed by atoms with Crippen LogP contribution in [-0.2, 0) is 20.9 Å². The second kappa shape index (κ2) is 7.76. The lowest BCUT2D eigenvalue weighted by molar-refractivity contribution is -0.145. The third kappa shape index (κ3) is 4.12. The van der Waals surface area contributed by atoms with E-state index in [1.54, 1.807) is 17.4 Å². The van der Waals surface area contributed by atoms with E-state index in [0.29, 0.717) is 39.4 Å². The number of aromatic nitrogens is 2. The number of rotatable bonds is 4. The first-order chi connectivity index (χ1) is 11.6. The highest BCUT2D eigenvalue weighted by atomic mass is 16.5. The van der Waals surface area contributed by atoms with Gasteiger partial charge in [-0.25, -0.2) is 4.98 Å². The topological polar surface area (TPSA) is 98.8 Å². The van der Waals surface area contributed by atoms with Gasteiger partial charge in [-0.15, -0.1) is 0 Å². The van der Waals surface area contributed by atoms with Crippen molar-refractivity contribution in [1.82, 2.24) is 19.8 Å². The Morgan fingerprint density at radius 1 is 1.25 bits per heavy atom. The van der Waals surface area contributed by atoms with Crippen LogP contribution in [0.4, 0.5) is 0 Å². The minimum Gasteiger partial charge on any atom is -0.481 e. The van der Waals surface area contributed by atoms with E-state index in [-0.39, 0.29) is 18.4 Å². The molecule has 1 amide bonds. The molecule has 2 N–H and O–H groups in total. The Morgan fingerprint density at radius 2 is 2.04 bits per heavy atom. The molecule has 1 aromatic rings. The fraction of sp³-hybridized carbons (Fsp3) is 0.688. The SMILES string of the molecule is O=C(O)[C@@H]1CN(Cc2cnc[nH]2)CCN(C(=O)C2CCOCC2)C1. The summed E-state index contributed by atoms with van der Waals surface area (Å²) in [4.78, 5) is 35.2. The van der Waals surface area contributed by atoms with Crippen molar-refractivity contribution in [3.05, 3.63) is 18.2 Å². The zero-order chi connectivity index (χ0) is 16.9. The van der Waals surface area contributed by atoms with Gasteiger partial charge in [0.05, 0.1) is 12.2 Å². The first-order valence-corrected chi connectivity index (χ1v) is 8.42. The van der Waals surface area contributed by atoms with E-state index in [1.165, 1.54) is 0 Å². The molecule has 3 rings (SSSR count). The van der Waals surface area contributed by atoms with E-state index in [4.69, 9.17) is 4.74 Å². The van der Waals surface area contributed by atoms with Gasteiger partial charge in [0.2, 0.25) is 5.91 Å². The van der Waals surface area contributed by atoms with Crippen LogP contribution in [0.15, 0.2) is 12.5 Å². The predicted molar refractivity (Wildman–Crippen MR) is 85.1 cm³/mol. The summed E-state index contributed by atoms with van der Waals surface area (Å²) in [6, 6.07) is 0. The van der Waals surface area contributed by atoms with E-state index in [2.05, 4.69) is 14.9 Å². The van der Waals surface area contributed by atoms with Gasteiger partial charge in [-0.05, 0) is 12.8 Å². The van der Waals surface area contributed by atoms with Crippen LogP contribution < -0.4 is 0 Å². The third-order valence-corrected chi connectivity index (χ3v) is 4.79. The van der Waals surface area contributed by atoms with Crippen LogP contribution in [0, 0.1) is 11.8 Å². The Kier molecular flexibility index (Phi) is 5.47. The second-order valence-electron chi connectivity index (χ2n) is 6.52. The van der Waals surface area contributed by atoms with Crippen molar-refractivity contribution in [2.75, 3.05) is 39.4 Å². The summed E-state index contributed by atoms with van der Waals surface area (Å²) in [5.41, 5.74) is 0.948. The van der Waals surface area contributed by atoms with Gasteiger partial charge in [0.1, 0.15) is 0 Å². The molecule has 0 unspecified atom stereocenters. The number of carboxylic acids is 1. The number of nitrogens with one attached hydrogen (secondary N) is 1. The van der Waals surface area contributed by atoms with Crippen LogP contribution >= 0.6 is 0 Å². The Balaban J connectivity index is 1.66. The minimum absolute atomic E-state index is 0.0349. The van der Waals surface area contributed by atoms with Gasteiger partial charge in [-0.3, -0.25) is 14.5 Å². The summed E-state index contributed by atoms with van der Waals surface area (Å²) < 4.78 is 5.31. The quantitative estimate of drug-likeness (QED) is 0.814. The lowest BCUT2D eigenvalue weighted by atomic mass is 9.98. The summed E-state index contributed by atoms with van der Waals surface area (Å²) >= 11 is 0. The summed E-state index contributed by atoms with van der Waals surface area (Å²) in [5, 5.41) is 9.51. The monoisotopic (exact) mass is 336 g/mol. The molecule has 2 aliphatic rings. The van der Waals surface area contributed by atoms with Crippen LogP contribution in [0.1, 0.15) is 18.5 Å². The summed E-state index contributed by atoms with van der Waals surface area (Å²) in [6.07, 6.45) is 4.81. The maximum absolute atomic E-state index is 12.7. The van der Waals surface area contributed by atoms with Crippen LogP contribution in [0.5, 0.6) is 0 Å². The van der Waals surface area contributed by atoms with Crippen molar-refractivity contribution < 1.29 is 19.4 Å². The molecule has 0 saturated carbocycles. The molecule has 8 heteroatoms. The number of carbonyl (C=O) groups excluding carboxylic acids is 1. The molecule has 1 atom stereocenters. The molecule has 0 radical (unpaired) electrons. The molecule has 2 saturated heterocycles. The maximum Gasteiger partial charge on any atom is 0.309 e. The van der Waals surface area contributed by atoms with Crippen LogP contribution in [0.25, 0.3) is 0 Å². The number of hydrogen-bond acceptors (Lipinski definition) is 5. The number of amides is 1. The molecule has 0 spiro atoms. The van der Waals surface area contributed by atoms with Gasteiger partial charge in [-0.2, -0.15) is 0 Å². The Morgan fingerprint density at radius 3 is 2.71 bits per heavy atom. The van der Waals surface area contributed by atoms with E-state index >= 15 is 0 Å². The van der Waals surface area contributed by atoms with Crippen LogP contribution in [-0.4, -0.2) is 76.1 Å². The molecule has 24 heavy (non-hydrogen) atoms. The lowest BCUT2D eigenvalue weighted by Crippen LogP contribution is -2.42. The number of hydrogen-bond donors (Lipinski definition) is 2. The van der Waals surface area contributed by atoms with Gasteiger partial charge in [-0.1, -0.05) is 0 Å². The van der Waals surface area contributed by atoms with Crippen LogP contribution in [0.3, 0.4) is 0 Å². The van der Waals surface area contributed by atoms with Gasteiger partial charge in [0.25, 0.3) is 0 Å². The number of nitrogens with zero attached hydrogens (tertiary/aromatic N) is 3. The summed E-state index contributed by atoms with van der Waals surface area (Å²) in [7, 11) is 0. The molecular formula is C16H24N4O4. The third-order valence-electron chi connectivity index (χ3n) is 4.79. The molecule has 3 heterocycles. The lowest BCUT2D eigenvalue weighted by Gasteiger charge is -2.29. The zero-order valence-corrected chi connectivity index (χ0v) is 13.7. The molecule has 2 aliphatic heterocycles. The second-order valence-corrected chi connectivity index (χ2v) is 6.52. The van der Waals surface area contributed by atoms with E-state index in [1.807, 2.05) is 0 Å². The number of H-pyrrole nitrogens is 1. The molecule has 2 fully saturated rings. The van der Waals surface area contributed by atoms with Crippen molar-refractivity contribution in [2.24, 2.45) is 11.8 Å². The standard InChI is InChI=1S/C16H24N4O4/c21-15(12-1-5-24-6-2-12)20-4-3-19(8-13(9-20)16(22)23)10-14-7-17-11-18-14/h7,11-13H,1-6,8-10H2,(H,17,18)(H,22,23)/t13-/m1/s1. The first-order valence-electron chi connectivity index (χ1n) is 8.42. The first kappa shape index (κ1) is 16.9.